The van der Waals surface area contributed by atoms with Crippen molar-refractivity contribution >= 4 is 12.0 Å². The zero-order valence-corrected chi connectivity index (χ0v) is 19.5. The van der Waals surface area contributed by atoms with E-state index in [2.05, 4.69) is 33.6 Å². The van der Waals surface area contributed by atoms with Crippen LogP contribution in [0.25, 0.3) is 23.0 Å². The Balaban J connectivity index is 1.28. The number of hydrogen-bond donors (Lipinski definition) is 2. The summed E-state index contributed by atoms with van der Waals surface area (Å²) in [5.74, 6) is -0.311. The maximum absolute atomic E-state index is 15.0. The molecular formula is C27H27FN6O. The van der Waals surface area contributed by atoms with Crippen LogP contribution in [0.15, 0.2) is 49.2 Å². The van der Waals surface area contributed by atoms with Gasteiger partial charge in [0.15, 0.2) is 0 Å². The van der Waals surface area contributed by atoms with Crippen LogP contribution in [-0.2, 0) is 11.2 Å². The van der Waals surface area contributed by atoms with Crippen LogP contribution in [0.5, 0.6) is 0 Å². The van der Waals surface area contributed by atoms with Crippen LogP contribution in [0.3, 0.4) is 0 Å². The van der Waals surface area contributed by atoms with Crippen LogP contribution < -0.4 is 10.6 Å². The second kappa shape index (κ2) is 9.43. The Bertz CT molecular complexity index is 1330. The van der Waals surface area contributed by atoms with Gasteiger partial charge in [0.25, 0.3) is 0 Å². The average Bonchev–Trinajstić information content (AvgIpc) is 3.62. The fraction of sp³-hybridized carbons (Fsp3) is 0.333. The van der Waals surface area contributed by atoms with Crippen molar-refractivity contribution in [3.63, 3.8) is 0 Å². The number of piperidine rings is 1. The molecule has 0 unspecified atom stereocenters. The summed E-state index contributed by atoms with van der Waals surface area (Å²) in [5, 5.41) is 24.1. The quantitative estimate of drug-likeness (QED) is 0.549. The number of nitrogens with zero attached hydrogens (tertiary/aromatic N) is 4. The summed E-state index contributed by atoms with van der Waals surface area (Å²) < 4.78 is 16.5. The van der Waals surface area contributed by atoms with Crippen molar-refractivity contribution in [2.24, 2.45) is 5.92 Å². The van der Waals surface area contributed by atoms with Crippen LogP contribution in [0.2, 0.25) is 0 Å². The van der Waals surface area contributed by atoms with Gasteiger partial charge in [-0.05, 0) is 67.0 Å². The number of aromatic nitrogens is 3. The second-order valence-corrected chi connectivity index (χ2v) is 9.41. The molecule has 1 saturated heterocycles. The molecule has 1 saturated carbocycles. The summed E-state index contributed by atoms with van der Waals surface area (Å²) in [6.07, 6.45) is 6.77. The van der Waals surface area contributed by atoms with Crippen molar-refractivity contribution in [1.82, 2.24) is 25.6 Å². The van der Waals surface area contributed by atoms with Crippen molar-refractivity contribution in [2.45, 2.75) is 50.7 Å². The lowest BCUT2D eigenvalue weighted by molar-refractivity contribution is -0.124. The van der Waals surface area contributed by atoms with Crippen LogP contribution in [-0.4, -0.2) is 39.0 Å². The maximum atomic E-state index is 15.0. The highest BCUT2D eigenvalue weighted by molar-refractivity contribution is 5.83. The van der Waals surface area contributed by atoms with Crippen molar-refractivity contribution in [3.8, 4) is 23.0 Å². The number of benzene rings is 2. The molecule has 178 valence electrons. The third kappa shape index (κ3) is 4.60. The monoisotopic (exact) mass is 470 g/mol. The molecule has 4 atom stereocenters. The van der Waals surface area contributed by atoms with Gasteiger partial charge in [-0.3, -0.25) is 4.79 Å². The molecule has 8 heteroatoms. The third-order valence-electron chi connectivity index (χ3n) is 7.13. The molecule has 7 nitrogen and oxygen atoms in total. The summed E-state index contributed by atoms with van der Waals surface area (Å²) in [6.45, 7) is 5.85. The van der Waals surface area contributed by atoms with E-state index in [1.54, 1.807) is 24.4 Å². The summed E-state index contributed by atoms with van der Waals surface area (Å²) in [5.41, 5.74) is 4.57. The molecule has 3 aromatic rings. The first-order chi connectivity index (χ1) is 16.9. The first-order valence-electron chi connectivity index (χ1n) is 11.9. The Hall–Kier alpha value is -3.83. The highest BCUT2D eigenvalue weighted by Crippen LogP contribution is 2.35. The van der Waals surface area contributed by atoms with Crippen LogP contribution >= 0.6 is 0 Å². The molecule has 1 aliphatic carbocycles. The average molecular weight is 471 g/mol. The minimum Gasteiger partial charge on any atom is -0.339 e. The molecule has 2 heterocycles. The normalized spacial score (nSPS) is 21.5. The molecule has 2 N–H and O–H groups in total. The van der Waals surface area contributed by atoms with Gasteiger partial charge in [0.05, 0.1) is 24.0 Å². The van der Waals surface area contributed by atoms with Gasteiger partial charge >= 0.3 is 0 Å². The Labute approximate surface area is 203 Å². The van der Waals surface area contributed by atoms with E-state index in [9.17, 15) is 14.4 Å². The van der Waals surface area contributed by atoms with Gasteiger partial charge in [-0.25, -0.2) is 9.07 Å². The Morgan fingerprint density at radius 3 is 2.91 bits per heavy atom. The molecule has 2 aliphatic rings. The number of fused-ring (bicyclic) bond motifs is 2. The van der Waals surface area contributed by atoms with E-state index in [0.29, 0.717) is 28.9 Å². The number of nitriles is 1. The zero-order chi connectivity index (χ0) is 24.5. The lowest BCUT2D eigenvalue weighted by atomic mass is 9.98. The number of nitrogens with one attached hydrogen (secondary N) is 2. The van der Waals surface area contributed by atoms with Gasteiger partial charge in [0.2, 0.25) is 5.91 Å². The number of carbonyl (C=O) groups excluding carboxylic acids is 1. The lowest BCUT2D eigenvalue weighted by Gasteiger charge is -2.23. The van der Waals surface area contributed by atoms with Crippen molar-refractivity contribution in [1.29, 1.82) is 5.26 Å². The molecule has 2 bridgehead atoms. The van der Waals surface area contributed by atoms with E-state index in [1.807, 2.05) is 25.1 Å². The van der Waals surface area contributed by atoms with E-state index in [0.717, 1.165) is 36.0 Å². The largest absolute Gasteiger partial charge is 0.339 e. The Kier molecular flexibility index (Phi) is 6.18. The summed E-state index contributed by atoms with van der Waals surface area (Å²) in [4.78, 5) is 12.7. The highest BCUT2D eigenvalue weighted by Gasteiger charge is 2.43. The van der Waals surface area contributed by atoms with E-state index in [-0.39, 0.29) is 18.4 Å². The van der Waals surface area contributed by atoms with Gasteiger partial charge < -0.3 is 10.6 Å². The van der Waals surface area contributed by atoms with E-state index in [4.69, 9.17) is 0 Å². The summed E-state index contributed by atoms with van der Waals surface area (Å²) >= 11 is 0. The van der Waals surface area contributed by atoms with Gasteiger partial charge in [-0.1, -0.05) is 36.1 Å². The minimum atomic E-state index is -0.803. The van der Waals surface area contributed by atoms with Gasteiger partial charge in [-0.2, -0.15) is 5.26 Å². The standard InChI is InChI=1S/C27H27FN6O/c1-3-17-10-19(5-4-16(17)2)25-15-34(33-32-25)23-9-7-18(24(28)13-23)11-22(14-29)31-27(35)26-20-6-8-21(12-20)30-26/h3-5,7,9-10,13,15,20-22,26,30H,1,6,8,11-12H2,2H3,(H,31,35)/t20-,21+,22-,26-/m0/s1. The van der Waals surface area contributed by atoms with Crippen LogP contribution in [0, 0.1) is 30.0 Å². The number of carbonyl (C=O) groups is 1. The fourth-order valence-electron chi connectivity index (χ4n) is 5.15. The van der Waals surface area contributed by atoms with Gasteiger partial charge in [0, 0.05) is 18.0 Å². The molecule has 35 heavy (non-hydrogen) atoms. The molecule has 5 rings (SSSR count). The van der Waals surface area contributed by atoms with E-state index < -0.39 is 11.9 Å². The number of rotatable bonds is 7. The van der Waals surface area contributed by atoms with Gasteiger partial charge in [-0.15, -0.1) is 5.10 Å². The SMILES string of the molecule is C=Cc1cc(-c2cn(-c3ccc(C[C@@H](C#N)NC(=O)[C@H]4N[C@@H]5CC[C@H]4C5)c(F)c3)nn2)ccc1C. The van der Waals surface area contributed by atoms with E-state index in [1.165, 1.54) is 10.7 Å². The van der Waals surface area contributed by atoms with Crippen LogP contribution in [0.4, 0.5) is 4.39 Å². The molecule has 1 aromatic heterocycles. The number of halogens is 1. The highest BCUT2D eigenvalue weighted by atomic mass is 19.1. The number of amides is 1. The van der Waals surface area contributed by atoms with Crippen molar-refractivity contribution in [3.05, 3.63) is 71.7 Å². The minimum absolute atomic E-state index is 0.0888. The molecular weight excluding hydrogens is 443 g/mol. The molecule has 0 radical (unpaired) electrons. The van der Waals surface area contributed by atoms with Crippen LogP contribution in [0.1, 0.15) is 36.0 Å². The summed E-state index contributed by atoms with van der Waals surface area (Å²) in [7, 11) is 0. The predicted molar refractivity (Wildman–Crippen MR) is 131 cm³/mol. The Morgan fingerprint density at radius 2 is 2.23 bits per heavy atom. The van der Waals surface area contributed by atoms with Crippen molar-refractivity contribution < 1.29 is 9.18 Å². The van der Waals surface area contributed by atoms with Crippen molar-refractivity contribution in [2.75, 3.05) is 0 Å². The van der Waals surface area contributed by atoms with Gasteiger partial charge in [0.1, 0.15) is 17.6 Å². The molecule has 0 spiro atoms. The zero-order valence-electron chi connectivity index (χ0n) is 19.5. The lowest BCUT2D eigenvalue weighted by Crippen LogP contribution is -2.50. The molecule has 2 fully saturated rings. The summed E-state index contributed by atoms with van der Waals surface area (Å²) in [6, 6.07) is 12.1. The molecule has 2 aromatic carbocycles. The maximum Gasteiger partial charge on any atom is 0.238 e. The number of hydrogen-bond acceptors (Lipinski definition) is 5. The predicted octanol–water partition coefficient (Wildman–Crippen LogP) is 3.72. The first-order valence-corrected chi connectivity index (χ1v) is 11.9. The smallest absolute Gasteiger partial charge is 0.238 e. The molecule has 1 amide bonds. The molecule has 1 aliphatic heterocycles. The first kappa shape index (κ1) is 22.9. The Morgan fingerprint density at radius 1 is 1.37 bits per heavy atom. The number of aryl methyl sites for hydroxylation is 1. The topological polar surface area (TPSA) is 95.6 Å². The second-order valence-electron chi connectivity index (χ2n) is 9.41. The third-order valence-corrected chi connectivity index (χ3v) is 7.13. The fourth-order valence-corrected chi connectivity index (χ4v) is 5.15. The van der Waals surface area contributed by atoms with E-state index >= 15 is 0 Å².